The molecule has 0 aliphatic carbocycles. The van der Waals surface area contributed by atoms with E-state index in [-0.39, 0.29) is 11.7 Å². The molecular weight excluding hydrogens is 332 g/mol. The highest BCUT2D eigenvalue weighted by Crippen LogP contribution is 2.34. The monoisotopic (exact) mass is 350 g/mol. The zero-order chi connectivity index (χ0) is 17.8. The topological polar surface area (TPSA) is 52.9 Å². The molecule has 1 heterocycles. The highest BCUT2D eigenvalue weighted by molar-refractivity contribution is 8.18. The van der Waals surface area contributed by atoms with Gasteiger partial charge in [-0.25, -0.2) is 4.99 Å². The number of amidine groups is 1. The van der Waals surface area contributed by atoms with E-state index in [9.17, 15) is 9.90 Å². The lowest BCUT2D eigenvalue weighted by molar-refractivity contribution is -0.121. The van der Waals surface area contributed by atoms with Gasteiger partial charge in [-0.05, 0) is 48.0 Å². The molecule has 3 rings (SSSR count). The number of hydrogen-bond acceptors (Lipinski definition) is 4. The van der Waals surface area contributed by atoms with Crippen LogP contribution >= 0.6 is 11.8 Å². The van der Waals surface area contributed by atoms with Crippen LogP contribution in [0, 0.1) is 6.92 Å². The lowest BCUT2D eigenvalue weighted by Crippen LogP contribution is -2.29. The number of aromatic hydroxyl groups is 1. The third-order valence-corrected chi connectivity index (χ3v) is 4.74. The molecule has 1 saturated heterocycles. The SMILES string of the molecule is C=CCN1C(=O)/C(=C/c2ccccc2C)SC1=Nc1cccc(O)c1. The normalized spacial score (nSPS) is 17.5. The van der Waals surface area contributed by atoms with Crippen molar-refractivity contribution >= 4 is 34.6 Å². The standard InChI is InChI=1S/C20H18N2O2S/c1-3-11-22-19(24)18(12-15-8-5-4-7-14(15)2)25-20(22)21-16-9-6-10-17(23)13-16/h3-10,12-13,23H,1,11H2,2H3/b18-12-,21-20?. The number of amides is 1. The summed E-state index contributed by atoms with van der Waals surface area (Å²) in [6.07, 6.45) is 3.57. The Labute approximate surface area is 151 Å². The molecule has 126 valence electrons. The van der Waals surface area contributed by atoms with Crippen LogP contribution in [0.25, 0.3) is 6.08 Å². The largest absolute Gasteiger partial charge is 0.508 e. The van der Waals surface area contributed by atoms with Gasteiger partial charge in [0.25, 0.3) is 5.91 Å². The molecule has 0 bridgehead atoms. The van der Waals surface area contributed by atoms with E-state index >= 15 is 0 Å². The Balaban J connectivity index is 1.98. The van der Waals surface area contributed by atoms with Crippen molar-refractivity contribution in [1.82, 2.24) is 4.90 Å². The predicted octanol–water partition coefficient (Wildman–Crippen LogP) is 4.49. The number of aryl methyl sites for hydroxylation is 1. The Kier molecular flexibility index (Phi) is 5.05. The Morgan fingerprint density at radius 3 is 2.76 bits per heavy atom. The maximum atomic E-state index is 12.7. The fourth-order valence-corrected chi connectivity index (χ4v) is 3.44. The van der Waals surface area contributed by atoms with E-state index in [0.717, 1.165) is 11.1 Å². The van der Waals surface area contributed by atoms with Crippen molar-refractivity contribution in [3.63, 3.8) is 0 Å². The third-order valence-electron chi connectivity index (χ3n) is 3.73. The second-order valence-electron chi connectivity index (χ2n) is 5.59. The van der Waals surface area contributed by atoms with Crippen LogP contribution in [0.4, 0.5) is 5.69 Å². The summed E-state index contributed by atoms with van der Waals surface area (Å²) in [7, 11) is 0. The van der Waals surface area contributed by atoms with E-state index in [1.807, 2.05) is 37.3 Å². The fourth-order valence-electron chi connectivity index (χ4n) is 2.44. The summed E-state index contributed by atoms with van der Waals surface area (Å²) in [6.45, 7) is 6.12. The van der Waals surface area contributed by atoms with E-state index in [1.165, 1.54) is 11.8 Å². The molecule has 25 heavy (non-hydrogen) atoms. The minimum atomic E-state index is -0.0907. The zero-order valence-electron chi connectivity index (χ0n) is 13.8. The first-order valence-electron chi connectivity index (χ1n) is 7.84. The van der Waals surface area contributed by atoms with Crippen molar-refractivity contribution < 1.29 is 9.90 Å². The number of hydrogen-bond donors (Lipinski definition) is 1. The Morgan fingerprint density at radius 1 is 1.24 bits per heavy atom. The van der Waals surface area contributed by atoms with Crippen LogP contribution in [0.15, 0.2) is 71.1 Å². The van der Waals surface area contributed by atoms with E-state index in [1.54, 1.807) is 35.2 Å². The first kappa shape index (κ1) is 17.0. The Hall–Kier alpha value is -2.79. The fraction of sp³-hybridized carbons (Fsp3) is 0.100. The van der Waals surface area contributed by atoms with E-state index in [0.29, 0.717) is 22.3 Å². The molecule has 1 N–H and O–H groups in total. The summed E-state index contributed by atoms with van der Waals surface area (Å²) in [4.78, 5) is 19.5. The molecule has 2 aromatic rings. The number of thioether (sulfide) groups is 1. The molecule has 1 amide bonds. The quantitative estimate of drug-likeness (QED) is 0.653. The maximum Gasteiger partial charge on any atom is 0.267 e. The van der Waals surface area contributed by atoms with Crippen molar-refractivity contribution in [2.45, 2.75) is 6.92 Å². The second-order valence-corrected chi connectivity index (χ2v) is 6.60. The van der Waals surface area contributed by atoms with Crippen molar-refractivity contribution in [2.24, 2.45) is 4.99 Å². The zero-order valence-corrected chi connectivity index (χ0v) is 14.7. The molecule has 0 atom stereocenters. The van der Waals surface area contributed by atoms with Gasteiger partial charge in [0, 0.05) is 12.6 Å². The summed E-state index contributed by atoms with van der Waals surface area (Å²) < 4.78 is 0. The van der Waals surface area contributed by atoms with E-state index in [2.05, 4.69) is 11.6 Å². The van der Waals surface area contributed by atoms with Gasteiger partial charge in [-0.3, -0.25) is 9.69 Å². The minimum Gasteiger partial charge on any atom is -0.508 e. The van der Waals surface area contributed by atoms with Gasteiger partial charge in [-0.1, -0.05) is 36.4 Å². The summed E-state index contributed by atoms with van der Waals surface area (Å²) in [6, 6.07) is 14.6. The number of nitrogens with zero attached hydrogens (tertiary/aromatic N) is 2. The Morgan fingerprint density at radius 2 is 2.04 bits per heavy atom. The third kappa shape index (κ3) is 3.83. The molecule has 1 aliphatic heterocycles. The van der Waals surface area contributed by atoms with Crippen molar-refractivity contribution in [2.75, 3.05) is 6.54 Å². The van der Waals surface area contributed by atoms with Gasteiger partial charge in [0.05, 0.1) is 10.6 Å². The molecule has 0 saturated carbocycles. The molecule has 0 spiro atoms. The van der Waals surface area contributed by atoms with Gasteiger partial charge >= 0.3 is 0 Å². The molecule has 0 radical (unpaired) electrons. The van der Waals surface area contributed by atoms with Gasteiger partial charge in [-0.2, -0.15) is 0 Å². The number of carbonyl (C=O) groups is 1. The summed E-state index contributed by atoms with van der Waals surface area (Å²) in [5.74, 6) is 0.0502. The van der Waals surface area contributed by atoms with Crippen LogP contribution in [-0.4, -0.2) is 27.6 Å². The number of carbonyl (C=O) groups excluding carboxylic acids is 1. The summed E-state index contributed by atoms with van der Waals surface area (Å²) >= 11 is 1.33. The summed E-state index contributed by atoms with van der Waals surface area (Å²) in [5.41, 5.74) is 2.72. The predicted molar refractivity (Wildman–Crippen MR) is 104 cm³/mol. The molecule has 1 aliphatic rings. The number of phenols is 1. The van der Waals surface area contributed by atoms with E-state index < -0.39 is 0 Å². The van der Waals surface area contributed by atoms with Crippen LogP contribution < -0.4 is 0 Å². The highest BCUT2D eigenvalue weighted by Gasteiger charge is 2.32. The van der Waals surface area contributed by atoms with Crippen molar-refractivity contribution in [3.8, 4) is 5.75 Å². The number of phenolic OH excluding ortho intramolecular Hbond substituents is 1. The van der Waals surface area contributed by atoms with Crippen LogP contribution in [0.1, 0.15) is 11.1 Å². The Bertz CT molecular complexity index is 887. The average Bonchev–Trinajstić information content (AvgIpc) is 2.86. The molecule has 0 unspecified atom stereocenters. The van der Waals surface area contributed by atoms with Gasteiger partial charge in [0.2, 0.25) is 0 Å². The van der Waals surface area contributed by atoms with Gasteiger partial charge in [-0.15, -0.1) is 6.58 Å². The van der Waals surface area contributed by atoms with Crippen LogP contribution in [-0.2, 0) is 4.79 Å². The van der Waals surface area contributed by atoms with Gasteiger partial charge < -0.3 is 5.11 Å². The maximum absolute atomic E-state index is 12.7. The smallest absolute Gasteiger partial charge is 0.267 e. The highest BCUT2D eigenvalue weighted by atomic mass is 32.2. The van der Waals surface area contributed by atoms with Gasteiger partial charge in [0.1, 0.15) is 5.75 Å². The number of rotatable bonds is 4. The van der Waals surface area contributed by atoms with Crippen LogP contribution in [0.3, 0.4) is 0 Å². The molecule has 2 aromatic carbocycles. The van der Waals surface area contributed by atoms with Crippen LogP contribution in [0.5, 0.6) is 5.75 Å². The van der Waals surface area contributed by atoms with Crippen LogP contribution in [0.2, 0.25) is 0 Å². The molecule has 0 aromatic heterocycles. The van der Waals surface area contributed by atoms with Crippen molar-refractivity contribution in [1.29, 1.82) is 0 Å². The molecule has 1 fully saturated rings. The second kappa shape index (κ2) is 7.40. The molecular formula is C20H18N2O2S. The van der Waals surface area contributed by atoms with E-state index in [4.69, 9.17) is 0 Å². The minimum absolute atomic E-state index is 0.0907. The summed E-state index contributed by atoms with van der Waals surface area (Å²) in [5, 5.41) is 10.2. The lowest BCUT2D eigenvalue weighted by atomic mass is 10.1. The molecule has 4 nitrogen and oxygen atoms in total. The van der Waals surface area contributed by atoms with Gasteiger partial charge in [0.15, 0.2) is 5.17 Å². The number of aliphatic imine (C=N–C) groups is 1. The number of benzene rings is 2. The average molecular weight is 350 g/mol. The first-order valence-corrected chi connectivity index (χ1v) is 8.66. The van der Waals surface area contributed by atoms with Crippen molar-refractivity contribution in [3.05, 3.63) is 77.2 Å². The lowest BCUT2D eigenvalue weighted by Gasteiger charge is -2.12. The molecule has 5 heteroatoms. The first-order chi connectivity index (χ1) is 12.1.